The number of benzene rings is 1. The molecule has 0 saturated carbocycles. The van der Waals surface area contributed by atoms with Crippen LogP contribution in [0.25, 0.3) is 0 Å². The third-order valence-corrected chi connectivity index (χ3v) is 2.68. The van der Waals surface area contributed by atoms with Crippen LogP contribution in [0.5, 0.6) is 0 Å². The number of nitrogens with one attached hydrogen (secondary N) is 1. The minimum atomic E-state index is -0.140. The van der Waals surface area contributed by atoms with E-state index >= 15 is 0 Å². The van der Waals surface area contributed by atoms with Gasteiger partial charge in [-0.2, -0.15) is 0 Å². The van der Waals surface area contributed by atoms with Crippen molar-refractivity contribution in [1.82, 2.24) is 5.32 Å². The van der Waals surface area contributed by atoms with Crippen LogP contribution in [0.2, 0.25) is 0 Å². The van der Waals surface area contributed by atoms with Gasteiger partial charge in [-0.25, -0.2) is 4.39 Å². The predicted octanol–water partition coefficient (Wildman–Crippen LogP) is 3.20. The van der Waals surface area contributed by atoms with Crippen LogP contribution < -0.4 is 5.32 Å². The Morgan fingerprint density at radius 1 is 1.44 bits per heavy atom. The van der Waals surface area contributed by atoms with Crippen LogP contribution in [0.1, 0.15) is 36.9 Å². The largest absolute Gasteiger partial charge is 0.313 e. The number of halogens is 1. The molecule has 0 saturated heterocycles. The summed E-state index contributed by atoms with van der Waals surface area (Å²) in [6.07, 6.45) is 1.73. The van der Waals surface area contributed by atoms with Crippen LogP contribution in [-0.4, -0.2) is 7.05 Å². The molecule has 1 N–H and O–H groups in total. The number of aryl methyl sites for hydroxylation is 1. The minimum Gasteiger partial charge on any atom is -0.313 e. The first-order valence-corrected chi connectivity index (χ1v) is 5.52. The van der Waals surface area contributed by atoms with Crippen molar-refractivity contribution >= 4 is 0 Å². The van der Waals surface area contributed by atoms with Gasteiger partial charge in [-0.1, -0.05) is 12.1 Å². The van der Waals surface area contributed by atoms with Crippen molar-refractivity contribution in [2.45, 2.75) is 32.7 Å². The van der Waals surface area contributed by atoms with Gasteiger partial charge in [0.25, 0.3) is 0 Å². The Hall–Kier alpha value is -1.33. The molecule has 2 heteroatoms. The van der Waals surface area contributed by atoms with Gasteiger partial charge in [0.15, 0.2) is 0 Å². The van der Waals surface area contributed by atoms with Crippen molar-refractivity contribution in [3.8, 4) is 11.8 Å². The standard InChI is InChI=1S/C14H18FN/c1-4-5-6-7-14(16-3)12-9-8-11(2)13(15)10-12/h8-10,14,16H,6-7H2,1-3H3. The maximum atomic E-state index is 13.4. The van der Waals surface area contributed by atoms with Gasteiger partial charge in [0.2, 0.25) is 0 Å². The van der Waals surface area contributed by atoms with E-state index in [0.29, 0.717) is 5.56 Å². The summed E-state index contributed by atoms with van der Waals surface area (Å²) in [5, 5.41) is 3.19. The van der Waals surface area contributed by atoms with Crippen molar-refractivity contribution in [3.05, 3.63) is 35.1 Å². The molecule has 1 atom stereocenters. The van der Waals surface area contributed by atoms with Gasteiger partial charge in [0.1, 0.15) is 5.82 Å². The molecule has 86 valence electrons. The maximum Gasteiger partial charge on any atom is 0.126 e. The lowest BCUT2D eigenvalue weighted by Crippen LogP contribution is -2.16. The highest BCUT2D eigenvalue weighted by Crippen LogP contribution is 2.20. The van der Waals surface area contributed by atoms with Crippen molar-refractivity contribution in [1.29, 1.82) is 0 Å². The summed E-state index contributed by atoms with van der Waals surface area (Å²) in [7, 11) is 1.89. The summed E-state index contributed by atoms with van der Waals surface area (Å²) in [6.45, 7) is 3.61. The van der Waals surface area contributed by atoms with Gasteiger partial charge in [0, 0.05) is 12.5 Å². The topological polar surface area (TPSA) is 12.0 Å². The lowest BCUT2D eigenvalue weighted by atomic mass is 10.0. The van der Waals surface area contributed by atoms with Crippen molar-refractivity contribution in [2.24, 2.45) is 0 Å². The SMILES string of the molecule is CC#CCCC(NC)c1ccc(C)c(F)c1. The zero-order valence-corrected chi connectivity index (χ0v) is 10.1. The first-order chi connectivity index (χ1) is 7.69. The Kier molecular flexibility index (Phi) is 5.01. The van der Waals surface area contributed by atoms with Crippen LogP contribution in [0.3, 0.4) is 0 Å². The second-order valence-electron chi connectivity index (χ2n) is 3.82. The Morgan fingerprint density at radius 2 is 2.19 bits per heavy atom. The summed E-state index contributed by atoms with van der Waals surface area (Å²) in [5.41, 5.74) is 1.68. The zero-order valence-electron chi connectivity index (χ0n) is 10.1. The number of rotatable bonds is 4. The summed E-state index contributed by atoms with van der Waals surface area (Å²) < 4.78 is 13.4. The molecule has 1 unspecified atom stereocenters. The van der Waals surface area contributed by atoms with E-state index in [-0.39, 0.29) is 11.9 Å². The lowest BCUT2D eigenvalue weighted by Gasteiger charge is -2.15. The molecule has 1 aromatic rings. The van der Waals surface area contributed by atoms with Gasteiger partial charge in [-0.05, 0) is 44.5 Å². The summed E-state index contributed by atoms with van der Waals surface area (Å²) >= 11 is 0. The second-order valence-corrected chi connectivity index (χ2v) is 3.82. The predicted molar refractivity (Wildman–Crippen MR) is 65.6 cm³/mol. The molecule has 0 aliphatic heterocycles. The molecule has 0 bridgehead atoms. The first-order valence-electron chi connectivity index (χ1n) is 5.52. The summed E-state index contributed by atoms with van der Waals surface area (Å²) in [5.74, 6) is 5.75. The average molecular weight is 219 g/mol. The molecule has 0 radical (unpaired) electrons. The fraction of sp³-hybridized carbons (Fsp3) is 0.429. The summed E-state index contributed by atoms with van der Waals surface area (Å²) in [4.78, 5) is 0. The molecule has 16 heavy (non-hydrogen) atoms. The van der Waals surface area contributed by atoms with E-state index in [4.69, 9.17) is 0 Å². The molecular formula is C14H18FN. The van der Waals surface area contributed by atoms with E-state index in [1.165, 1.54) is 0 Å². The van der Waals surface area contributed by atoms with Gasteiger partial charge >= 0.3 is 0 Å². The molecular weight excluding hydrogens is 201 g/mol. The van der Waals surface area contributed by atoms with E-state index in [1.807, 2.05) is 26.1 Å². The fourth-order valence-electron chi connectivity index (χ4n) is 1.65. The highest BCUT2D eigenvalue weighted by molar-refractivity contribution is 5.26. The fourth-order valence-corrected chi connectivity index (χ4v) is 1.65. The molecule has 0 heterocycles. The molecule has 1 nitrogen and oxygen atoms in total. The van der Waals surface area contributed by atoms with E-state index < -0.39 is 0 Å². The normalized spacial score (nSPS) is 11.8. The van der Waals surface area contributed by atoms with E-state index in [0.717, 1.165) is 18.4 Å². The molecule has 1 rings (SSSR count). The maximum absolute atomic E-state index is 13.4. The molecule has 0 aromatic heterocycles. The Balaban J connectivity index is 2.77. The van der Waals surface area contributed by atoms with Crippen molar-refractivity contribution < 1.29 is 4.39 Å². The van der Waals surface area contributed by atoms with E-state index in [1.54, 1.807) is 13.0 Å². The zero-order chi connectivity index (χ0) is 12.0. The Bertz CT molecular complexity index is 401. The van der Waals surface area contributed by atoms with Gasteiger partial charge in [-0.15, -0.1) is 11.8 Å². The molecule has 0 amide bonds. The highest BCUT2D eigenvalue weighted by Gasteiger charge is 2.09. The third kappa shape index (κ3) is 3.36. The Morgan fingerprint density at radius 3 is 2.75 bits per heavy atom. The average Bonchev–Trinajstić information content (AvgIpc) is 2.29. The molecule has 0 aliphatic carbocycles. The number of hydrogen-bond donors (Lipinski definition) is 1. The van der Waals surface area contributed by atoms with E-state index in [9.17, 15) is 4.39 Å². The second kappa shape index (κ2) is 6.30. The lowest BCUT2D eigenvalue weighted by molar-refractivity contribution is 0.548. The van der Waals surface area contributed by atoms with Gasteiger partial charge in [0.05, 0.1) is 0 Å². The number of hydrogen-bond acceptors (Lipinski definition) is 1. The quantitative estimate of drug-likeness (QED) is 0.767. The third-order valence-electron chi connectivity index (χ3n) is 2.68. The monoisotopic (exact) mass is 219 g/mol. The Labute approximate surface area is 97.1 Å². The molecule has 0 fully saturated rings. The van der Waals surface area contributed by atoms with Crippen LogP contribution >= 0.6 is 0 Å². The summed E-state index contributed by atoms with van der Waals surface area (Å²) in [6, 6.07) is 5.57. The minimum absolute atomic E-state index is 0.140. The van der Waals surface area contributed by atoms with Crippen LogP contribution in [0, 0.1) is 24.6 Å². The van der Waals surface area contributed by atoms with Crippen LogP contribution in [0.4, 0.5) is 4.39 Å². The smallest absolute Gasteiger partial charge is 0.126 e. The van der Waals surface area contributed by atoms with Crippen LogP contribution in [-0.2, 0) is 0 Å². The van der Waals surface area contributed by atoms with Crippen LogP contribution in [0.15, 0.2) is 18.2 Å². The first kappa shape index (κ1) is 12.7. The molecule has 1 aromatic carbocycles. The van der Waals surface area contributed by atoms with Gasteiger partial charge < -0.3 is 5.32 Å². The molecule has 0 spiro atoms. The van der Waals surface area contributed by atoms with E-state index in [2.05, 4.69) is 17.2 Å². The molecule has 0 aliphatic rings. The van der Waals surface area contributed by atoms with Crippen molar-refractivity contribution in [3.63, 3.8) is 0 Å². The van der Waals surface area contributed by atoms with Gasteiger partial charge in [-0.3, -0.25) is 0 Å². The van der Waals surface area contributed by atoms with Crippen molar-refractivity contribution in [2.75, 3.05) is 7.05 Å². The highest BCUT2D eigenvalue weighted by atomic mass is 19.1.